The highest BCUT2D eigenvalue weighted by atomic mass is 19.4. The van der Waals surface area contributed by atoms with Gasteiger partial charge in [-0.2, -0.15) is 13.2 Å². The quantitative estimate of drug-likeness (QED) is 0.790. The van der Waals surface area contributed by atoms with Crippen molar-refractivity contribution in [3.05, 3.63) is 59.7 Å². The van der Waals surface area contributed by atoms with Crippen LogP contribution in [0.3, 0.4) is 0 Å². The first-order valence-electron chi connectivity index (χ1n) is 5.16. The van der Waals surface area contributed by atoms with Gasteiger partial charge in [0.05, 0.1) is 5.56 Å². The van der Waals surface area contributed by atoms with E-state index in [2.05, 4.69) is 0 Å². The highest BCUT2D eigenvalue weighted by Crippen LogP contribution is 2.30. The van der Waals surface area contributed by atoms with E-state index in [1.54, 1.807) is 30.6 Å². The molecule has 0 aliphatic carbocycles. The minimum absolute atomic E-state index is 0.368. The number of halogens is 3. The van der Waals surface area contributed by atoms with Gasteiger partial charge in [0, 0.05) is 5.56 Å². The van der Waals surface area contributed by atoms with Crippen LogP contribution in [0.1, 0.15) is 11.1 Å². The number of hydrogen-bond donors (Lipinski definition) is 0. The minimum atomic E-state index is -4.34. The van der Waals surface area contributed by atoms with Crippen molar-refractivity contribution < 1.29 is 18.0 Å². The van der Waals surface area contributed by atoms with Crippen molar-refractivity contribution in [2.24, 2.45) is 0 Å². The van der Waals surface area contributed by atoms with Crippen LogP contribution >= 0.6 is 0 Å². The predicted molar refractivity (Wildman–Crippen MR) is 61.7 cm³/mol. The van der Waals surface area contributed by atoms with Gasteiger partial charge < -0.3 is 0 Å². The zero-order valence-corrected chi connectivity index (χ0v) is 9.16. The van der Waals surface area contributed by atoms with Crippen LogP contribution in [-0.2, 0) is 11.0 Å². The molecule has 0 saturated carbocycles. The van der Waals surface area contributed by atoms with Crippen LogP contribution in [0, 0.1) is 0 Å². The lowest BCUT2D eigenvalue weighted by Crippen LogP contribution is -2.03. The monoisotopic (exact) mass is 249 g/mol. The number of rotatable bonds is 2. The van der Waals surface area contributed by atoms with Gasteiger partial charge >= 0.3 is 6.18 Å². The number of carbonyl (C=O) groups excluding carboxylic acids is 1. The largest absolute Gasteiger partial charge is 0.416 e. The van der Waals surface area contributed by atoms with Gasteiger partial charge in [0.2, 0.25) is 6.29 Å². The topological polar surface area (TPSA) is 17.1 Å². The van der Waals surface area contributed by atoms with Gasteiger partial charge in [0.15, 0.2) is 0 Å². The molecule has 2 rings (SSSR count). The Hall–Kier alpha value is -2.10. The molecule has 1 nitrogen and oxygen atoms in total. The molecule has 0 saturated heterocycles. The molecule has 0 bridgehead atoms. The summed E-state index contributed by atoms with van der Waals surface area (Å²) < 4.78 is 37.2. The Morgan fingerprint density at radius 1 is 0.889 bits per heavy atom. The highest BCUT2D eigenvalue weighted by Gasteiger charge is 2.29. The zero-order chi connectivity index (χ0) is 13.2. The van der Waals surface area contributed by atoms with Gasteiger partial charge in [-0.15, -0.1) is 0 Å². The summed E-state index contributed by atoms with van der Waals surface area (Å²) in [6.07, 6.45) is -2.59. The van der Waals surface area contributed by atoms with Gasteiger partial charge in [-0.1, -0.05) is 30.3 Å². The Bertz CT molecular complexity index is 556. The molecule has 0 heterocycles. The summed E-state index contributed by atoms with van der Waals surface area (Å²) in [7, 11) is 0. The summed E-state index contributed by atoms with van der Waals surface area (Å²) >= 11 is 0. The molecular weight excluding hydrogens is 241 g/mol. The fraction of sp³-hybridized carbons (Fsp3) is 0.0714. The second-order valence-corrected chi connectivity index (χ2v) is 3.76. The van der Waals surface area contributed by atoms with Gasteiger partial charge in [0.25, 0.3) is 0 Å². The normalized spacial score (nSPS) is 11.3. The molecule has 0 atom stereocenters. The average Bonchev–Trinajstić information content (AvgIpc) is 2.38. The molecule has 0 aliphatic heterocycles. The van der Waals surface area contributed by atoms with E-state index in [1.165, 1.54) is 12.1 Å². The lowest BCUT2D eigenvalue weighted by Gasteiger charge is -2.07. The average molecular weight is 249 g/mol. The summed E-state index contributed by atoms with van der Waals surface area (Å²) in [5, 5.41) is 0. The molecule has 0 aliphatic rings. The molecule has 18 heavy (non-hydrogen) atoms. The molecule has 0 aromatic heterocycles. The molecule has 0 amide bonds. The van der Waals surface area contributed by atoms with E-state index >= 15 is 0 Å². The van der Waals surface area contributed by atoms with Gasteiger partial charge in [0.1, 0.15) is 0 Å². The van der Waals surface area contributed by atoms with Crippen LogP contribution in [0.15, 0.2) is 48.5 Å². The molecule has 2 aromatic rings. The maximum atomic E-state index is 12.4. The van der Waals surface area contributed by atoms with Crippen molar-refractivity contribution in [3.63, 3.8) is 0 Å². The van der Waals surface area contributed by atoms with Crippen molar-refractivity contribution in [2.75, 3.05) is 0 Å². The van der Waals surface area contributed by atoms with Crippen LogP contribution < -0.4 is 0 Å². The van der Waals surface area contributed by atoms with Crippen LogP contribution in [-0.4, -0.2) is 6.29 Å². The van der Waals surface area contributed by atoms with Crippen molar-refractivity contribution >= 4 is 6.29 Å². The first-order valence-corrected chi connectivity index (χ1v) is 5.16. The van der Waals surface area contributed by atoms with E-state index in [0.717, 1.165) is 12.1 Å². The smallest absolute Gasteiger partial charge is 0.285 e. The zero-order valence-electron chi connectivity index (χ0n) is 9.16. The molecule has 0 N–H and O–H groups in total. The molecule has 0 fully saturated rings. The van der Waals surface area contributed by atoms with Gasteiger partial charge in [-0.25, -0.2) is 0 Å². The summed E-state index contributed by atoms with van der Waals surface area (Å²) in [6, 6.07) is 11.4. The molecule has 0 unspecified atom stereocenters. The Labute approximate surface area is 102 Å². The SMILES string of the molecule is O=[C]c1cccc(-c2ccc(C(F)(F)F)cc2)c1. The summed E-state index contributed by atoms with van der Waals surface area (Å²) in [5.41, 5.74) is 0.987. The fourth-order valence-corrected chi connectivity index (χ4v) is 1.61. The van der Waals surface area contributed by atoms with E-state index in [-0.39, 0.29) is 0 Å². The lowest BCUT2D eigenvalue weighted by atomic mass is 10.0. The number of benzene rings is 2. The van der Waals surface area contributed by atoms with Crippen molar-refractivity contribution in [2.45, 2.75) is 6.18 Å². The first-order chi connectivity index (χ1) is 8.50. The Morgan fingerprint density at radius 3 is 2.11 bits per heavy atom. The predicted octanol–water partition coefficient (Wildman–Crippen LogP) is 3.83. The van der Waals surface area contributed by atoms with E-state index in [4.69, 9.17) is 0 Å². The van der Waals surface area contributed by atoms with Crippen molar-refractivity contribution in [1.82, 2.24) is 0 Å². The van der Waals surface area contributed by atoms with E-state index < -0.39 is 11.7 Å². The van der Waals surface area contributed by atoms with Gasteiger partial charge in [-0.3, -0.25) is 4.79 Å². The fourth-order valence-electron chi connectivity index (χ4n) is 1.61. The molecule has 1 radical (unpaired) electrons. The highest BCUT2D eigenvalue weighted by molar-refractivity contribution is 5.79. The third-order valence-corrected chi connectivity index (χ3v) is 2.53. The maximum Gasteiger partial charge on any atom is 0.416 e. The van der Waals surface area contributed by atoms with Crippen molar-refractivity contribution in [1.29, 1.82) is 0 Å². The van der Waals surface area contributed by atoms with Crippen LogP contribution in [0.25, 0.3) is 11.1 Å². The van der Waals surface area contributed by atoms with Crippen LogP contribution in [0.2, 0.25) is 0 Å². The Kier molecular flexibility index (Phi) is 3.19. The minimum Gasteiger partial charge on any atom is -0.285 e. The van der Waals surface area contributed by atoms with Crippen LogP contribution in [0.4, 0.5) is 13.2 Å². The molecule has 4 heteroatoms. The summed E-state index contributed by atoms with van der Waals surface area (Å²) in [5.74, 6) is 0. The third kappa shape index (κ3) is 2.59. The van der Waals surface area contributed by atoms with E-state index in [1.807, 2.05) is 0 Å². The standard InChI is InChI=1S/C14H8F3O/c15-14(16,17)13-6-4-11(5-7-13)12-3-1-2-10(8-12)9-18/h1-8H. The molecule has 2 aromatic carbocycles. The van der Waals surface area contributed by atoms with E-state index in [9.17, 15) is 18.0 Å². The first kappa shape index (κ1) is 12.4. The second kappa shape index (κ2) is 4.64. The van der Waals surface area contributed by atoms with Crippen molar-refractivity contribution in [3.8, 4) is 11.1 Å². The Morgan fingerprint density at radius 2 is 1.56 bits per heavy atom. The lowest BCUT2D eigenvalue weighted by molar-refractivity contribution is -0.137. The van der Waals surface area contributed by atoms with Crippen LogP contribution in [0.5, 0.6) is 0 Å². The molecule has 0 spiro atoms. The number of hydrogen-bond acceptors (Lipinski definition) is 1. The second-order valence-electron chi connectivity index (χ2n) is 3.76. The Balaban J connectivity index is 2.37. The molecule has 91 valence electrons. The van der Waals surface area contributed by atoms with E-state index in [0.29, 0.717) is 16.7 Å². The maximum absolute atomic E-state index is 12.4. The summed E-state index contributed by atoms with van der Waals surface area (Å²) in [4.78, 5) is 10.5. The van der Waals surface area contributed by atoms with Gasteiger partial charge in [-0.05, 0) is 29.3 Å². The third-order valence-electron chi connectivity index (χ3n) is 2.53. The number of alkyl halides is 3. The molecular formula is C14H8F3O. The summed E-state index contributed by atoms with van der Waals surface area (Å²) in [6.45, 7) is 0.